The lowest BCUT2D eigenvalue weighted by Crippen LogP contribution is -2.26. The molecule has 92 valence electrons. The molecule has 0 spiro atoms. The number of aryl methyl sites for hydroxylation is 2. The third-order valence-electron chi connectivity index (χ3n) is 2.75. The molecular formula is C12H22BrN3. The molecule has 1 N–H and O–H groups in total. The van der Waals surface area contributed by atoms with Crippen LogP contribution >= 0.6 is 15.9 Å². The van der Waals surface area contributed by atoms with Crippen molar-refractivity contribution >= 4 is 15.9 Å². The largest absolute Gasteiger partial charge is 0.309 e. The van der Waals surface area contributed by atoms with Crippen LogP contribution < -0.4 is 5.32 Å². The summed E-state index contributed by atoms with van der Waals surface area (Å²) in [4.78, 5) is 0. The zero-order valence-electron chi connectivity index (χ0n) is 10.5. The zero-order valence-corrected chi connectivity index (χ0v) is 12.0. The Hall–Kier alpha value is -0.350. The van der Waals surface area contributed by atoms with E-state index in [4.69, 9.17) is 0 Å². The van der Waals surface area contributed by atoms with Crippen molar-refractivity contribution < 1.29 is 0 Å². The van der Waals surface area contributed by atoms with Gasteiger partial charge in [-0.15, -0.1) is 0 Å². The van der Waals surface area contributed by atoms with Gasteiger partial charge in [0.1, 0.15) is 0 Å². The first-order chi connectivity index (χ1) is 7.71. The highest BCUT2D eigenvalue weighted by Crippen LogP contribution is 2.06. The van der Waals surface area contributed by atoms with E-state index in [-0.39, 0.29) is 0 Å². The van der Waals surface area contributed by atoms with Crippen LogP contribution in [0.2, 0.25) is 0 Å². The SMILES string of the molecule is CCc1cc(CNC(C)CCBr)n(CC)n1. The maximum Gasteiger partial charge on any atom is 0.0625 e. The van der Waals surface area contributed by atoms with Gasteiger partial charge >= 0.3 is 0 Å². The van der Waals surface area contributed by atoms with Gasteiger partial charge in [0.2, 0.25) is 0 Å². The molecule has 0 fully saturated rings. The summed E-state index contributed by atoms with van der Waals surface area (Å²) in [6, 6.07) is 2.75. The lowest BCUT2D eigenvalue weighted by atomic mass is 10.2. The molecule has 1 atom stereocenters. The minimum atomic E-state index is 0.546. The quantitative estimate of drug-likeness (QED) is 0.782. The minimum absolute atomic E-state index is 0.546. The third kappa shape index (κ3) is 3.91. The van der Waals surface area contributed by atoms with Gasteiger partial charge in [-0.25, -0.2) is 0 Å². The van der Waals surface area contributed by atoms with E-state index in [9.17, 15) is 0 Å². The predicted molar refractivity (Wildman–Crippen MR) is 72.0 cm³/mol. The summed E-state index contributed by atoms with van der Waals surface area (Å²) in [5, 5.41) is 9.11. The van der Waals surface area contributed by atoms with Crippen molar-refractivity contribution in [2.75, 3.05) is 5.33 Å². The Morgan fingerprint density at radius 3 is 2.81 bits per heavy atom. The summed E-state index contributed by atoms with van der Waals surface area (Å²) in [6.07, 6.45) is 2.16. The summed E-state index contributed by atoms with van der Waals surface area (Å²) in [6.45, 7) is 8.36. The Labute approximate surface area is 107 Å². The number of alkyl halides is 1. The lowest BCUT2D eigenvalue weighted by molar-refractivity contribution is 0.509. The monoisotopic (exact) mass is 287 g/mol. The van der Waals surface area contributed by atoms with E-state index in [1.165, 1.54) is 11.4 Å². The highest BCUT2D eigenvalue weighted by molar-refractivity contribution is 9.09. The molecular weight excluding hydrogens is 266 g/mol. The van der Waals surface area contributed by atoms with Gasteiger partial charge < -0.3 is 5.32 Å². The number of nitrogens with one attached hydrogen (secondary N) is 1. The average molecular weight is 288 g/mol. The van der Waals surface area contributed by atoms with Crippen LogP contribution in [0.3, 0.4) is 0 Å². The van der Waals surface area contributed by atoms with Crippen molar-refractivity contribution in [1.29, 1.82) is 0 Å². The Morgan fingerprint density at radius 1 is 1.50 bits per heavy atom. The van der Waals surface area contributed by atoms with Crippen LogP contribution in [0.15, 0.2) is 6.07 Å². The van der Waals surface area contributed by atoms with Crippen molar-refractivity contribution in [3.8, 4) is 0 Å². The number of halogens is 1. The fourth-order valence-corrected chi connectivity index (χ4v) is 2.34. The molecule has 1 unspecified atom stereocenters. The van der Waals surface area contributed by atoms with Crippen molar-refractivity contribution in [3.63, 3.8) is 0 Å². The van der Waals surface area contributed by atoms with Crippen LogP contribution in [0.5, 0.6) is 0 Å². The van der Waals surface area contributed by atoms with Crippen molar-refractivity contribution in [2.24, 2.45) is 0 Å². The van der Waals surface area contributed by atoms with E-state index in [2.05, 4.69) is 57.9 Å². The molecule has 1 aromatic heterocycles. The second-order valence-electron chi connectivity index (χ2n) is 4.06. The fourth-order valence-electron chi connectivity index (χ4n) is 1.65. The van der Waals surface area contributed by atoms with Crippen LogP contribution in [-0.4, -0.2) is 21.2 Å². The van der Waals surface area contributed by atoms with Crippen LogP contribution in [0.4, 0.5) is 0 Å². The molecule has 0 saturated heterocycles. The lowest BCUT2D eigenvalue weighted by Gasteiger charge is -2.12. The number of aromatic nitrogens is 2. The molecule has 1 rings (SSSR count). The van der Waals surface area contributed by atoms with Crippen LogP contribution in [0.25, 0.3) is 0 Å². The molecule has 0 aliphatic carbocycles. The molecule has 0 aliphatic rings. The van der Waals surface area contributed by atoms with Gasteiger partial charge in [0.25, 0.3) is 0 Å². The van der Waals surface area contributed by atoms with Crippen molar-refractivity contribution in [2.45, 2.75) is 52.7 Å². The standard InChI is InChI=1S/C12H22BrN3/c1-4-11-8-12(16(5-2)15-11)9-14-10(3)6-7-13/h8,10,14H,4-7,9H2,1-3H3. The Kier molecular flexibility index (Phi) is 6.06. The number of rotatable bonds is 7. The summed E-state index contributed by atoms with van der Waals surface area (Å²) >= 11 is 3.46. The number of nitrogens with zero attached hydrogens (tertiary/aromatic N) is 2. The fraction of sp³-hybridized carbons (Fsp3) is 0.750. The van der Waals surface area contributed by atoms with Gasteiger partial charge in [-0.3, -0.25) is 4.68 Å². The smallest absolute Gasteiger partial charge is 0.0625 e. The Bertz CT molecular complexity index is 309. The molecule has 1 aromatic rings. The van der Waals surface area contributed by atoms with Gasteiger partial charge in [0.05, 0.1) is 11.4 Å². The van der Waals surface area contributed by atoms with Gasteiger partial charge in [-0.1, -0.05) is 22.9 Å². The molecule has 0 bridgehead atoms. The van der Waals surface area contributed by atoms with E-state index < -0.39 is 0 Å². The van der Waals surface area contributed by atoms with E-state index >= 15 is 0 Å². The van der Waals surface area contributed by atoms with Crippen LogP contribution in [0, 0.1) is 0 Å². The van der Waals surface area contributed by atoms with Crippen molar-refractivity contribution in [3.05, 3.63) is 17.5 Å². The number of hydrogen-bond donors (Lipinski definition) is 1. The normalized spacial score (nSPS) is 13.0. The number of hydrogen-bond acceptors (Lipinski definition) is 2. The summed E-state index contributed by atoms with van der Waals surface area (Å²) < 4.78 is 2.09. The molecule has 4 heteroatoms. The Morgan fingerprint density at radius 2 is 2.25 bits per heavy atom. The minimum Gasteiger partial charge on any atom is -0.309 e. The maximum atomic E-state index is 4.54. The second kappa shape index (κ2) is 7.07. The maximum absolute atomic E-state index is 4.54. The summed E-state index contributed by atoms with van der Waals surface area (Å²) in [5.41, 5.74) is 2.48. The first kappa shape index (κ1) is 13.7. The highest BCUT2D eigenvalue weighted by Gasteiger charge is 2.06. The molecule has 0 aliphatic heterocycles. The average Bonchev–Trinajstić information content (AvgIpc) is 2.69. The van der Waals surface area contributed by atoms with Gasteiger partial charge in [0, 0.05) is 24.5 Å². The first-order valence-corrected chi connectivity index (χ1v) is 7.18. The van der Waals surface area contributed by atoms with Crippen LogP contribution in [0.1, 0.15) is 38.6 Å². The summed E-state index contributed by atoms with van der Waals surface area (Å²) in [5.74, 6) is 0. The Balaban J connectivity index is 2.54. The van der Waals surface area contributed by atoms with E-state index in [1.807, 2.05) is 0 Å². The highest BCUT2D eigenvalue weighted by atomic mass is 79.9. The summed E-state index contributed by atoms with van der Waals surface area (Å²) in [7, 11) is 0. The second-order valence-corrected chi connectivity index (χ2v) is 4.85. The molecule has 0 amide bonds. The van der Waals surface area contributed by atoms with Gasteiger partial charge in [-0.05, 0) is 32.8 Å². The molecule has 3 nitrogen and oxygen atoms in total. The molecule has 0 radical (unpaired) electrons. The predicted octanol–water partition coefficient (Wildman–Crippen LogP) is 2.73. The van der Waals surface area contributed by atoms with Gasteiger partial charge in [0.15, 0.2) is 0 Å². The molecule has 1 heterocycles. The third-order valence-corrected chi connectivity index (χ3v) is 3.21. The molecule has 0 aromatic carbocycles. The molecule has 16 heavy (non-hydrogen) atoms. The van der Waals surface area contributed by atoms with E-state index in [0.717, 1.165) is 31.3 Å². The zero-order chi connectivity index (χ0) is 12.0. The van der Waals surface area contributed by atoms with Crippen LogP contribution in [-0.2, 0) is 19.5 Å². The van der Waals surface area contributed by atoms with Crippen molar-refractivity contribution in [1.82, 2.24) is 15.1 Å². The van der Waals surface area contributed by atoms with E-state index in [0.29, 0.717) is 6.04 Å². The van der Waals surface area contributed by atoms with E-state index in [1.54, 1.807) is 0 Å². The molecule has 0 saturated carbocycles. The topological polar surface area (TPSA) is 29.9 Å². The first-order valence-electron chi connectivity index (χ1n) is 6.06. The van der Waals surface area contributed by atoms with Gasteiger partial charge in [-0.2, -0.15) is 5.10 Å².